The van der Waals surface area contributed by atoms with Gasteiger partial charge in [0, 0.05) is 21.9 Å². The van der Waals surface area contributed by atoms with Crippen molar-refractivity contribution in [2.45, 2.75) is 33.1 Å². The SMILES string of the molecule is Cc1cc(C)cc(-n2c3ccccc3c3cc4c(cc32)C(C)(C)c2ccccc2-4)c1. The van der Waals surface area contributed by atoms with Gasteiger partial charge in [0.15, 0.2) is 0 Å². The Kier molecular flexibility index (Phi) is 3.42. The number of para-hydroxylation sites is 1. The smallest absolute Gasteiger partial charge is 0.0544 e. The number of hydrogen-bond acceptors (Lipinski definition) is 0. The summed E-state index contributed by atoms with van der Waals surface area (Å²) in [6.07, 6.45) is 0. The summed E-state index contributed by atoms with van der Waals surface area (Å²) in [6.45, 7) is 9.07. The molecule has 1 nitrogen and oxygen atoms in total. The molecule has 6 rings (SSSR count). The lowest BCUT2D eigenvalue weighted by Gasteiger charge is -2.21. The van der Waals surface area contributed by atoms with Gasteiger partial charge in [0.25, 0.3) is 0 Å². The zero-order chi connectivity index (χ0) is 20.6. The Morgan fingerprint density at radius 1 is 0.600 bits per heavy atom. The van der Waals surface area contributed by atoms with E-state index in [0.717, 1.165) is 0 Å². The van der Waals surface area contributed by atoms with Gasteiger partial charge in [-0.25, -0.2) is 0 Å². The maximum atomic E-state index is 2.45. The van der Waals surface area contributed by atoms with Gasteiger partial charge in [-0.2, -0.15) is 0 Å². The second kappa shape index (κ2) is 5.86. The molecule has 146 valence electrons. The second-order valence-electron chi connectivity index (χ2n) is 9.28. The Bertz CT molecular complexity index is 1460. The third kappa shape index (κ3) is 2.24. The maximum absolute atomic E-state index is 2.45. The standard InChI is InChI=1S/C29H25N/c1-18-13-19(2)15-20(14-18)30-27-12-8-6-10-22(27)24-16-23-21-9-5-7-11-25(21)29(3,4)26(23)17-28(24)30/h5-17H,1-4H3. The highest BCUT2D eigenvalue weighted by molar-refractivity contribution is 6.11. The Hall–Kier alpha value is -3.32. The molecular formula is C29H25N. The Balaban J connectivity index is 1.78. The molecule has 1 aliphatic rings. The molecular weight excluding hydrogens is 362 g/mol. The second-order valence-corrected chi connectivity index (χ2v) is 9.28. The molecule has 30 heavy (non-hydrogen) atoms. The predicted octanol–water partition coefficient (Wildman–Crippen LogP) is 7.71. The monoisotopic (exact) mass is 387 g/mol. The fourth-order valence-electron chi connectivity index (χ4n) is 5.52. The van der Waals surface area contributed by atoms with Crippen LogP contribution in [0.5, 0.6) is 0 Å². The van der Waals surface area contributed by atoms with Crippen LogP contribution in [-0.2, 0) is 5.41 Å². The zero-order valence-corrected chi connectivity index (χ0v) is 18.0. The molecule has 5 aromatic rings. The third-order valence-corrected chi connectivity index (χ3v) is 6.84. The van der Waals surface area contributed by atoms with Crippen molar-refractivity contribution < 1.29 is 0 Å². The number of fused-ring (bicyclic) bond motifs is 6. The van der Waals surface area contributed by atoms with E-state index in [0.29, 0.717) is 0 Å². The van der Waals surface area contributed by atoms with Crippen LogP contribution in [0.4, 0.5) is 0 Å². The van der Waals surface area contributed by atoms with E-state index >= 15 is 0 Å². The molecule has 0 atom stereocenters. The lowest BCUT2D eigenvalue weighted by atomic mass is 9.82. The summed E-state index contributed by atoms with van der Waals surface area (Å²) in [5.41, 5.74) is 12.0. The third-order valence-electron chi connectivity index (χ3n) is 6.84. The first-order valence-electron chi connectivity index (χ1n) is 10.7. The Morgan fingerprint density at radius 3 is 2.10 bits per heavy atom. The van der Waals surface area contributed by atoms with Gasteiger partial charge in [-0.05, 0) is 77.6 Å². The molecule has 1 heterocycles. The van der Waals surface area contributed by atoms with Crippen LogP contribution in [0, 0.1) is 13.8 Å². The molecule has 1 aliphatic carbocycles. The van der Waals surface area contributed by atoms with Crippen LogP contribution in [0.25, 0.3) is 38.6 Å². The van der Waals surface area contributed by atoms with Gasteiger partial charge in [-0.15, -0.1) is 0 Å². The molecule has 0 radical (unpaired) electrons. The molecule has 0 unspecified atom stereocenters. The highest BCUT2D eigenvalue weighted by atomic mass is 15.0. The average molecular weight is 388 g/mol. The van der Waals surface area contributed by atoms with Crippen LogP contribution in [0.1, 0.15) is 36.1 Å². The number of rotatable bonds is 1. The molecule has 0 aliphatic heterocycles. The van der Waals surface area contributed by atoms with Crippen molar-refractivity contribution in [2.75, 3.05) is 0 Å². The predicted molar refractivity (Wildman–Crippen MR) is 128 cm³/mol. The van der Waals surface area contributed by atoms with Gasteiger partial charge >= 0.3 is 0 Å². The number of nitrogens with zero attached hydrogens (tertiary/aromatic N) is 1. The zero-order valence-electron chi connectivity index (χ0n) is 18.0. The van der Waals surface area contributed by atoms with Crippen molar-refractivity contribution in [3.05, 3.63) is 101 Å². The molecule has 0 N–H and O–H groups in total. The van der Waals surface area contributed by atoms with Crippen molar-refractivity contribution in [2.24, 2.45) is 0 Å². The molecule has 4 aromatic carbocycles. The summed E-state index contributed by atoms with van der Waals surface area (Å²) in [5.74, 6) is 0. The molecule has 1 heteroatoms. The highest BCUT2D eigenvalue weighted by Gasteiger charge is 2.36. The van der Waals surface area contributed by atoms with Crippen LogP contribution < -0.4 is 0 Å². The van der Waals surface area contributed by atoms with Gasteiger partial charge in [0.1, 0.15) is 0 Å². The molecule has 0 saturated heterocycles. The van der Waals surface area contributed by atoms with Crippen LogP contribution in [-0.4, -0.2) is 4.57 Å². The minimum Gasteiger partial charge on any atom is -0.309 e. The van der Waals surface area contributed by atoms with E-state index in [2.05, 4.69) is 111 Å². The summed E-state index contributed by atoms with van der Waals surface area (Å²) >= 11 is 0. The van der Waals surface area contributed by atoms with Gasteiger partial charge < -0.3 is 4.57 Å². The van der Waals surface area contributed by atoms with Gasteiger partial charge in [0.2, 0.25) is 0 Å². The molecule has 0 saturated carbocycles. The van der Waals surface area contributed by atoms with Gasteiger partial charge in [-0.1, -0.05) is 62.4 Å². The van der Waals surface area contributed by atoms with Crippen molar-refractivity contribution in [3.63, 3.8) is 0 Å². The molecule has 0 fully saturated rings. The Labute approximate surface area is 177 Å². The van der Waals surface area contributed by atoms with E-state index in [1.165, 1.54) is 60.9 Å². The lowest BCUT2D eigenvalue weighted by Crippen LogP contribution is -2.15. The minimum absolute atomic E-state index is 0.00389. The summed E-state index contributed by atoms with van der Waals surface area (Å²) < 4.78 is 2.45. The Morgan fingerprint density at radius 2 is 1.30 bits per heavy atom. The van der Waals surface area contributed by atoms with E-state index in [1.807, 2.05) is 0 Å². The number of aromatic nitrogens is 1. The fraction of sp³-hybridized carbons (Fsp3) is 0.172. The van der Waals surface area contributed by atoms with Gasteiger partial charge in [0.05, 0.1) is 11.0 Å². The van der Waals surface area contributed by atoms with E-state index in [9.17, 15) is 0 Å². The largest absolute Gasteiger partial charge is 0.309 e. The summed E-state index contributed by atoms with van der Waals surface area (Å²) in [7, 11) is 0. The molecule has 0 spiro atoms. The maximum Gasteiger partial charge on any atom is 0.0544 e. The normalized spacial score (nSPS) is 14.3. The molecule has 0 amide bonds. The van der Waals surface area contributed by atoms with E-state index in [-0.39, 0.29) is 5.41 Å². The van der Waals surface area contributed by atoms with Crippen LogP contribution in [0.2, 0.25) is 0 Å². The minimum atomic E-state index is 0.00389. The van der Waals surface area contributed by atoms with Gasteiger partial charge in [-0.3, -0.25) is 0 Å². The van der Waals surface area contributed by atoms with Crippen molar-refractivity contribution in [1.29, 1.82) is 0 Å². The van der Waals surface area contributed by atoms with Crippen molar-refractivity contribution >= 4 is 21.8 Å². The first-order chi connectivity index (χ1) is 14.4. The van der Waals surface area contributed by atoms with Crippen molar-refractivity contribution in [1.82, 2.24) is 4.57 Å². The summed E-state index contributed by atoms with van der Waals surface area (Å²) in [5, 5.41) is 2.65. The number of aryl methyl sites for hydroxylation is 2. The topological polar surface area (TPSA) is 4.93 Å². The quantitative estimate of drug-likeness (QED) is 0.278. The number of benzene rings is 4. The molecule has 1 aromatic heterocycles. The fourth-order valence-corrected chi connectivity index (χ4v) is 5.52. The number of hydrogen-bond donors (Lipinski definition) is 0. The van der Waals surface area contributed by atoms with E-state index < -0.39 is 0 Å². The van der Waals surface area contributed by atoms with E-state index in [1.54, 1.807) is 0 Å². The van der Waals surface area contributed by atoms with Crippen molar-refractivity contribution in [3.8, 4) is 16.8 Å². The lowest BCUT2D eigenvalue weighted by molar-refractivity contribution is 0.661. The van der Waals surface area contributed by atoms with Crippen LogP contribution >= 0.6 is 0 Å². The van der Waals surface area contributed by atoms with Crippen LogP contribution in [0.15, 0.2) is 78.9 Å². The van der Waals surface area contributed by atoms with E-state index in [4.69, 9.17) is 0 Å². The summed E-state index contributed by atoms with van der Waals surface area (Å²) in [4.78, 5) is 0. The van der Waals surface area contributed by atoms with Crippen LogP contribution in [0.3, 0.4) is 0 Å². The molecule has 0 bridgehead atoms. The highest BCUT2D eigenvalue weighted by Crippen LogP contribution is 2.50. The average Bonchev–Trinajstić information content (AvgIpc) is 3.16. The first kappa shape index (κ1) is 17.5. The first-order valence-corrected chi connectivity index (χ1v) is 10.7. The summed E-state index contributed by atoms with van der Waals surface area (Å²) in [6, 6.07) is 29.4.